The van der Waals surface area contributed by atoms with Crippen LogP contribution >= 0.6 is 0 Å². The molecule has 1 N–H and O–H groups in total. The number of amides is 1. The van der Waals surface area contributed by atoms with Crippen LogP contribution in [0.1, 0.15) is 52.9 Å². The Labute approximate surface area is 113 Å². The lowest BCUT2D eigenvalue weighted by atomic mass is 9.75. The summed E-state index contributed by atoms with van der Waals surface area (Å²) in [5.41, 5.74) is -1.62. The minimum atomic E-state index is -1.02. The summed E-state index contributed by atoms with van der Waals surface area (Å²) in [6, 6.07) is 0. The van der Waals surface area contributed by atoms with Gasteiger partial charge in [-0.3, -0.25) is 4.90 Å². The molecule has 0 aromatic carbocycles. The molecular weight excluding hydrogens is 246 g/mol. The fourth-order valence-corrected chi connectivity index (χ4v) is 2.41. The summed E-state index contributed by atoms with van der Waals surface area (Å²) in [6.45, 7) is 5.92. The molecule has 2 rings (SSSR count). The second-order valence-corrected chi connectivity index (χ2v) is 6.72. The summed E-state index contributed by atoms with van der Waals surface area (Å²) >= 11 is 0. The predicted octanol–water partition coefficient (Wildman–Crippen LogP) is 2.64. The zero-order valence-electron chi connectivity index (χ0n) is 11.9. The first-order valence-corrected chi connectivity index (χ1v) is 6.99. The van der Waals surface area contributed by atoms with Crippen molar-refractivity contribution in [1.82, 2.24) is 4.90 Å². The molecule has 1 amide bonds. The standard InChI is InChI=1S/C14H23NO4/c1-13(2,3)19-12(18)15(9-10-5-6-10)14(11(16)17)7-4-8-14/h10H,4-9H2,1-3H3,(H,16,17). The van der Waals surface area contributed by atoms with E-state index < -0.39 is 23.2 Å². The minimum Gasteiger partial charge on any atom is -0.479 e. The molecule has 0 unspecified atom stereocenters. The Morgan fingerprint density at radius 1 is 1.32 bits per heavy atom. The van der Waals surface area contributed by atoms with Gasteiger partial charge in [0.2, 0.25) is 0 Å². The third-order valence-corrected chi connectivity index (χ3v) is 3.85. The number of carbonyl (C=O) groups excluding carboxylic acids is 1. The molecule has 2 saturated carbocycles. The molecule has 5 heteroatoms. The lowest BCUT2D eigenvalue weighted by Crippen LogP contribution is -2.62. The lowest BCUT2D eigenvalue weighted by Gasteiger charge is -2.46. The van der Waals surface area contributed by atoms with Gasteiger partial charge >= 0.3 is 12.1 Å². The van der Waals surface area contributed by atoms with Crippen LogP contribution in [0.2, 0.25) is 0 Å². The van der Waals surface area contributed by atoms with Gasteiger partial charge in [-0.05, 0) is 58.8 Å². The van der Waals surface area contributed by atoms with E-state index >= 15 is 0 Å². The van der Waals surface area contributed by atoms with Gasteiger partial charge in [0.15, 0.2) is 0 Å². The number of aliphatic carboxylic acids is 1. The molecule has 2 fully saturated rings. The zero-order valence-corrected chi connectivity index (χ0v) is 11.9. The molecule has 2 aliphatic carbocycles. The highest BCUT2D eigenvalue weighted by molar-refractivity contribution is 5.85. The Morgan fingerprint density at radius 2 is 1.89 bits per heavy atom. The van der Waals surface area contributed by atoms with E-state index in [0.717, 1.165) is 19.3 Å². The molecule has 5 nitrogen and oxygen atoms in total. The van der Waals surface area contributed by atoms with Gasteiger partial charge in [-0.15, -0.1) is 0 Å². The highest BCUT2D eigenvalue weighted by Gasteiger charge is 2.53. The Kier molecular flexibility index (Phi) is 3.49. The van der Waals surface area contributed by atoms with Crippen molar-refractivity contribution in [3.8, 4) is 0 Å². The Morgan fingerprint density at radius 3 is 2.21 bits per heavy atom. The summed E-state index contributed by atoms with van der Waals surface area (Å²) < 4.78 is 5.38. The topological polar surface area (TPSA) is 66.8 Å². The van der Waals surface area contributed by atoms with Gasteiger partial charge in [0, 0.05) is 6.54 Å². The van der Waals surface area contributed by atoms with Crippen molar-refractivity contribution < 1.29 is 19.4 Å². The van der Waals surface area contributed by atoms with Crippen molar-refractivity contribution >= 4 is 12.1 Å². The van der Waals surface area contributed by atoms with Crippen molar-refractivity contribution in [3.05, 3.63) is 0 Å². The first-order valence-electron chi connectivity index (χ1n) is 6.99. The molecule has 0 heterocycles. The predicted molar refractivity (Wildman–Crippen MR) is 69.9 cm³/mol. The fraction of sp³-hybridized carbons (Fsp3) is 0.857. The summed E-state index contributed by atoms with van der Waals surface area (Å²) in [5, 5.41) is 9.49. The molecular formula is C14H23NO4. The van der Waals surface area contributed by atoms with Crippen LogP contribution in [0.5, 0.6) is 0 Å². The average molecular weight is 269 g/mol. The summed E-state index contributed by atoms with van der Waals surface area (Å²) in [5.74, 6) is -0.449. The van der Waals surface area contributed by atoms with E-state index in [9.17, 15) is 14.7 Å². The van der Waals surface area contributed by atoms with E-state index in [1.807, 2.05) is 0 Å². The van der Waals surface area contributed by atoms with Crippen molar-refractivity contribution in [2.75, 3.05) is 6.54 Å². The lowest BCUT2D eigenvalue weighted by molar-refractivity contribution is -0.157. The van der Waals surface area contributed by atoms with E-state index in [1.54, 1.807) is 20.8 Å². The molecule has 0 spiro atoms. The van der Waals surface area contributed by atoms with E-state index in [1.165, 1.54) is 4.90 Å². The van der Waals surface area contributed by atoms with Crippen molar-refractivity contribution in [1.29, 1.82) is 0 Å². The minimum absolute atomic E-state index is 0.448. The van der Waals surface area contributed by atoms with Crippen molar-refractivity contribution in [3.63, 3.8) is 0 Å². The maximum absolute atomic E-state index is 12.3. The molecule has 19 heavy (non-hydrogen) atoms. The van der Waals surface area contributed by atoms with Crippen molar-refractivity contribution in [2.24, 2.45) is 5.92 Å². The molecule has 0 radical (unpaired) electrons. The van der Waals surface area contributed by atoms with Crippen LogP contribution < -0.4 is 0 Å². The molecule has 0 bridgehead atoms. The van der Waals surface area contributed by atoms with E-state index in [-0.39, 0.29) is 0 Å². The van der Waals surface area contributed by atoms with Gasteiger partial charge in [-0.25, -0.2) is 9.59 Å². The first kappa shape index (κ1) is 14.2. The van der Waals surface area contributed by atoms with E-state index in [4.69, 9.17) is 4.74 Å². The highest BCUT2D eigenvalue weighted by atomic mass is 16.6. The number of carboxylic acids is 1. The molecule has 0 atom stereocenters. The van der Waals surface area contributed by atoms with Crippen molar-refractivity contribution in [2.45, 2.75) is 64.0 Å². The normalized spacial score (nSPS) is 21.4. The number of rotatable bonds is 4. The number of carbonyl (C=O) groups is 2. The Hall–Kier alpha value is -1.26. The quantitative estimate of drug-likeness (QED) is 0.852. The smallest absolute Gasteiger partial charge is 0.411 e. The van der Waals surface area contributed by atoms with Gasteiger partial charge in [-0.2, -0.15) is 0 Å². The number of hydrogen-bond acceptors (Lipinski definition) is 3. The first-order chi connectivity index (χ1) is 8.74. The Bertz CT molecular complexity index is 377. The van der Waals surface area contributed by atoms with Crippen LogP contribution in [0, 0.1) is 5.92 Å². The SMILES string of the molecule is CC(C)(C)OC(=O)N(CC1CC1)C1(C(=O)O)CCC1. The summed E-state index contributed by atoms with van der Waals surface area (Å²) in [6.07, 6.45) is 3.60. The fourth-order valence-electron chi connectivity index (χ4n) is 2.41. The molecule has 0 aliphatic heterocycles. The second-order valence-electron chi connectivity index (χ2n) is 6.72. The highest BCUT2D eigenvalue weighted by Crippen LogP contribution is 2.42. The molecule has 0 aromatic rings. The van der Waals surface area contributed by atoms with Gasteiger partial charge in [0.05, 0.1) is 0 Å². The van der Waals surface area contributed by atoms with Gasteiger partial charge < -0.3 is 9.84 Å². The van der Waals surface area contributed by atoms with Crippen LogP contribution in [0.3, 0.4) is 0 Å². The van der Waals surface area contributed by atoms with Crippen LogP contribution in [0.4, 0.5) is 4.79 Å². The number of hydrogen-bond donors (Lipinski definition) is 1. The second kappa shape index (κ2) is 4.69. The Balaban J connectivity index is 2.15. The third-order valence-electron chi connectivity index (χ3n) is 3.85. The number of carboxylic acid groups (broad SMARTS) is 1. The molecule has 0 saturated heterocycles. The van der Waals surface area contributed by atoms with Gasteiger partial charge in [0.1, 0.15) is 11.1 Å². The molecule has 0 aromatic heterocycles. The van der Waals surface area contributed by atoms with Gasteiger partial charge in [0.25, 0.3) is 0 Å². The maximum atomic E-state index is 12.3. The summed E-state index contributed by atoms with van der Waals surface area (Å²) in [4.78, 5) is 25.3. The van der Waals surface area contributed by atoms with Crippen LogP contribution in [-0.4, -0.2) is 39.8 Å². The summed E-state index contributed by atoms with van der Waals surface area (Å²) in [7, 11) is 0. The van der Waals surface area contributed by atoms with Crippen LogP contribution in [0.15, 0.2) is 0 Å². The number of ether oxygens (including phenoxy) is 1. The monoisotopic (exact) mass is 269 g/mol. The van der Waals surface area contributed by atoms with Gasteiger partial charge in [-0.1, -0.05) is 0 Å². The van der Waals surface area contributed by atoms with Crippen LogP contribution in [0.25, 0.3) is 0 Å². The maximum Gasteiger partial charge on any atom is 0.411 e. The largest absolute Gasteiger partial charge is 0.479 e. The van der Waals surface area contributed by atoms with E-state index in [0.29, 0.717) is 25.3 Å². The third kappa shape index (κ3) is 3.01. The number of nitrogens with zero attached hydrogens (tertiary/aromatic N) is 1. The average Bonchev–Trinajstić information content (AvgIpc) is 2.94. The van der Waals surface area contributed by atoms with E-state index in [2.05, 4.69) is 0 Å². The molecule has 2 aliphatic rings. The van der Waals surface area contributed by atoms with Crippen LogP contribution in [-0.2, 0) is 9.53 Å². The zero-order chi connectivity index (χ0) is 14.3. The molecule has 108 valence electrons.